The molecule has 1 N–H and O–H groups in total. The van der Waals surface area contributed by atoms with Gasteiger partial charge in [-0.25, -0.2) is 9.97 Å². The summed E-state index contributed by atoms with van der Waals surface area (Å²) in [6, 6.07) is 10.4. The van der Waals surface area contributed by atoms with Gasteiger partial charge < -0.3 is 5.11 Å². The summed E-state index contributed by atoms with van der Waals surface area (Å²) in [7, 11) is 0. The molecule has 1 aliphatic rings. The average molecular weight is 268 g/mol. The van der Waals surface area contributed by atoms with Gasteiger partial charge in [0.25, 0.3) is 0 Å². The van der Waals surface area contributed by atoms with Crippen LogP contribution in [-0.4, -0.2) is 21.7 Å². The largest absolute Gasteiger partial charge is 0.395 e. The molecule has 0 amide bonds. The van der Waals surface area contributed by atoms with Crippen LogP contribution in [0.1, 0.15) is 36.3 Å². The lowest BCUT2D eigenvalue weighted by atomic mass is 9.68. The van der Waals surface area contributed by atoms with Crippen molar-refractivity contribution >= 4 is 0 Å². The van der Waals surface area contributed by atoms with Crippen LogP contribution in [0.4, 0.5) is 0 Å². The maximum Gasteiger partial charge on any atom is 0.137 e. The van der Waals surface area contributed by atoms with Crippen LogP contribution in [0.2, 0.25) is 0 Å². The molecule has 2 aromatic rings. The summed E-state index contributed by atoms with van der Waals surface area (Å²) in [6.07, 6.45) is 3.12. The van der Waals surface area contributed by atoms with Crippen LogP contribution >= 0.6 is 0 Å². The molecule has 1 aromatic heterocycles. The van der Waals surface area contributed by atoms with E-state index >= 15 is 0 Å². The lowest BCUT2D eigenvalue weighted by molar-refractivity contribution is 0.112. The highest BCUT2D eigenvalue weighted by molar-refractivity contribution is 5.59. The van der Waals surface area contributed by atoms with Crippen LogP contribution in [0.25, 0.3) is 11.3 Å². The Morgan fingerprint density at radius 1 is 1.10 bits per heavy atom. The third-order valence-electron chi connectivity index (χ3n) is 4.29. The Kier molecular flexibility index (Phi) is 3.30. The minimum absolute atomic E-state index is 0.143. The van der Waals surface area contributed by atoms with Gasteiger partial charge in [-0.15, -0.1) is 0 Å². The maximum atomic E-state index is 9.70. The van der Waals surface area contributed by atoms with E-state index in [9.17, 15) is 5.11 Å². The van der Waals surface area contributed by atoms with Gasteiger partial charge in [0.2, 0.25) is 0 Å². The summed E-state index contributed by atoms with van der Waals surface area (Å²) >= 11 is 0. The predicted octanol–water partition coefficient (Wildman–Crippen LogP) is 3.17. The molecular weight excluding hydrogens is 248 g/mol. The molecule has 20 heavy (non-hydrogen) atoms. The van der Waals surface area contributed by atoms with Crippen LogP contribution in [0.15, 0.2) is 30.3 Å². The lowest BCUT2D eigenvalue weighted by Crippen LogP contribution is -2.40. The highest BCUT2D eigenvalue weighted by Crippen LogP contribution is 2.42. The molecule has 3 heteroatoms. The van der Waals surface area contributed by atoms with Gasteiger partial charge in [-0.1, -0.05) is 36.2 Å². The summed E-state index contributed by atoms with van der Waals surface area (Å²) in [5.41, 5.74) is 4.06. The van der Waals surface area contributed by atoms with Gasteiger partial charge in [0.05, 0.1) is 17.7 Å². The van der Waals surface area contributed by atoms with Gasteiger partial charge in [-0.3, -0.25) is 0 Å². The zero-order valence-electron chi connectivity index (χ0n) is 12.1. The SMILES string of the molecule is Cc1ccc(-c2cc(C)nc(C3(CO)CCC3)n2)cc1. The van der Waals surface area contributed by atoms with E-state index in [0.717, 1.165) is 42.0 Å². The molecule has 1 aliphatic carbocycles. The quantitative estimate of drug-likeness (QED) is 0.930. The lowest BCUT2D eigenvalue weighted by Gasteiger charge is -2.38. The third kappa shape index (κ3) is 2.22. The molecule has 0 atom stereocenters. The van der Waals surface area contributed by atoms with Crippen molar-refractivity contribution in [2.45, 2.75) is 38.5 Å². The average Bonchev–Trinajstić information content (AvgIpc) is 2.38. The Labute approximate surface area is 119 Å². The predicted molar refractivity (Wildman–Crippen MR) is 79.6 cm³/mol. The van der Waals surface area contributed by atoms with Crippen molar-refractivity contribution in [3.63, 3.8) is 0 Å². The van der Waals surface area contributed by atoms with Gasteiger partial charge in [0, 0.05) is 11.3 Å². The second-order valence-electron chi connectivity index (χ2n) is 5.88. The molecule has 0 aliphatic heterocycles. The molecule has 1 heterocycles. The Morgan fingerprint density at radius 3 is 2.35 bits per heavy atom. The minimum atomic E-state index is -0.203. The van der Waals surface area contributed by atoms with Crippen molar-refractivity contribution in [3.8, 4) is 11.3 Å². The van der Waals surface area contributed by atoms with E-state index in [1.165, 1.54) is 5.56 Å². The number of hydrogen-bond donors (Lipinski definition) is 1. The number of aliphatic hydroxyl groups excluding tert-OH is 1. The first-order valence-corrected chi connectivity index (χ1v) is 7.17. The summed E-state index contributed by atoms with van der Waals surface area (Å²) in [5, 5.41) is 9.70. The van der Waals surface area contributed by atoms with Crippen LogP contribution in [0, 0.1) is 13.8 Å². The standard InChI is InChI=1S/C17H20N2O/c1-12-4-6-14(7-5-12)15-10-13(2)18-16(19-15)17(11-20)8-3-9-17/h4-7,10,20H,3,8-9,11H2,1-2H3. The van der Waals surface area contributed by atoms with E-state index in [0.29, 0.717) is 0 Å². The molecule has 0 unspecified atom stereocenters. The van der Waals surface area contributed by atoms with Gasteiger partial charge in [0.1, 0.15) is 5.82 Å². The Hall–Kier alpha value is -1.74. The van der Waals surface area contributed by atoms with E-state index in [2.05, 4.69) is 36.2 Å². The van der Waals surface area contributed by atoms with Crippen molar-refractivity contribution in [2.75, 3.05) is 6.61 Å². The molecule has 3 nitrogen and oxygen atoms in total. The van der Waals surface area contributed by atoms with Gasteiger partial charge in [0.15, 0.2) is 0 Å². The molecule has 1 saturated carbocycles. The first kappa shape index (κ1) is 13.3. The molecule has 0 saturated heterocycles. The molecular formula is C17H20N2O. The highest BCUT2D eigenvalue weighted by Gasteiger charge is 2.41. The van der Waals surface area contributed by atoms with E-state index in [4.69, 9.17) is 4.98 Å². The van der Waals surface area contributed by atoms with E-state index in [1.807, 2.05) is 13.0 Å². The highest BCUT2D eigenvalue weighted by atomic mass is 16.3. The summed E-state index contributed by atoms with van der Waals surface area (Å²) in [4.78, 5) is 9.30. The third-order valence-corrected chi connectivity index (χ3v) is 4.29. The normalized spacial score (nSPS) is 16.8. The minimum Gasteiger partial charge on any atom is -0.395 e. The molecule has 0 bridgehead atoms. The van der Waals surface area contributed by atoms with Crippen molar-refractivity contribution < 1.29 is 5.11 Å². The Balaban J connectivity index is 2.04. The Bertz CT molecular complexity index is 610. The molecule has 0 radical (unpaired) electrons. The first-order chi connectivity index (χ1) is 9.63. The van der Waals surface area contributed by atoms with Crippen LogP contribution < -0.4 is 0 Å². The number of aliphatic hydroxyl groups is 1. The molecule has 104 valence electrons. The van der Waals surface area contributed by atoms with Gasteiger partial charge in [-0.05, 0) is 32.8 Å². The van der Waals surface area contributed by atoms with E-state index in [-0.39, 0.29) is 12.0 Å². The first-order valence-electron chi connectivity index (χ1n) is 7.17. The smallest absolute Gasteiger partial charge is 0.137 e. The second-order valence-corrected chi connectivity index (χ2v) is 5.88. The fourth-order valence-corrected chi connectivity index (χ4v) is 2.73. The van der Waals surface area contributed by atoms with Crippen LogP contribution in [0.5, 0.6) is 0 Å². The topological polar surface area (TPSA) is 46.0 Å². The molecule has 3 rings (SSSR count). The number of nitrogens with zero attached hydrogens (tertiary/aromatic N) is 2. The summed E-state index contributed by atoms with van der Waals surface area (Å²) in [6.45, 7) is 4.21. The number of benzene rings is 1. The summed E-state index contributed by atoms with van der Waals surface area (Å²) < 4.78 is 0. The monoisotopic (exact) mass is 268 g/mol. The van der Waals surface area contributed by atoms with E-state index < -0.39 is 0 Å². The number of rotatable bonds is 3. The van der Waals surface area contributed by atoms with Gasteiger partial charge in [-0.2, -0.15) is 0 Å². The maximum absolute atomic E-state index is 9.70. The Morgan fingerprint density at radius 2 is 1.80 bits per heavy atom. The van der Waals surface area contributed by atoms with Crippen LogP contribution in [0.3, 0.4) is 0 Å². The van der Waals surface area contributed by atoms with Crippen molar-refractivity contribution in [1.29, 1.82) is 0 Å². The van der Waals surface area contributed by atoms with Crippen molar-refractivity contribution in [1.82, 2.24) is 9.97 Å². The van der Waals surface area contributed by atoms with Crippen molar-refractivity contribution in [2.24, 2.45) is 0 Å². The van der Waals surface area contributed by atoms with Gasteiger partial charge >= 0.3 is 0 Å². The number of aromatic nitrogens is 2. The zero-order chi connectivity index (χ0) is 14.2. The number of hydrogen-bond acceptors (Lipinski definition) is 3. The fraction of sp³-hybridized carbons (Fsp3) is 0.412. The molecule has 0 spiro atoms. The van der Waals surface area contributed by atoms with Crippen molar-refractivity contribution in [3.05, 3.63) is 47.4 Å². The second kappa shape index (κ2) is 4.98. The number of aryl methyl sites for hydroxylation is 2. The fourth-order valence-electron chi connectivity index (χ4n) is 2.73. The zero-order valence-corrected chi connectivity index (χ0v) is 12.1. The molecule has 1 fully saturated rings. The van der Waals surface area contributed by atoms with E-state index in [1.54, 1.807) is 0 Å². The van der Waals surface area contributed by atoms with Crippen LogP contribution in [-0.2, 0) is 5.41 Å². The summed E-state index contributed by atoms with van der Waals surface area (Å²) in [5.74, 6) is 0.807. The molecule has 1 aromatic carbocycles.